The average Bonchev–Trinajstić information content (AvgIpc) is 0.825. The molecule has 3 heterocycles. The lowest BCUT2D eigenvalue weighted by atomic mass is 9.90. The van der Waals surface area contributed by atoms with Gasteiger partial charge in [0.1, 0.15) is 82.7 Å². The third-order valence-corrected chi connectivity index (χ3v) is 18.4. The molecule has 3 aromatic heterocycles. The van der Waals surface area contributed by atoms with Crippen molar-refractivity contribution >= 4 is 141 Å². The van der Waals surface area contributed by atoms with Crippen LogP contribution in [0.1, 0.15) is 133 Å². The number of rotatable bonds is 18. The fraction of sp³-hybridized carbons (Fsp3) is 0.0476. The zero-order valence-electron chi connectivity index (χ0n) is 59.4. The first-order valence-electron chi connectivity index (χ1n) is 33.5. The van der Waals surface area contributed by atoms with E-state index in [1.54, 1.807) is 121 Å². The predicted molar refractivity (Wildman–Crippen MR) is 435 cm³/mol. The van der Waals surface area contributed by atoms with Gasteiger partial charge in [0.05, 0.1) is 84.1 Å². The summed E-state index contributed by atoms with van der Waals surface area (Å²) in [6.45, 7) is 0. The number of benzene rings is 9. The average molecular weight is 1730 g/mol. The first-order chi connectivity index (χ1) is 56.1. The van der Waals surface area contributed by atoms with Gasteiger partial charge in [-0.15, -0.1) is 0 Å². The lowest BCUT2D eigenvalue weighted by Crippen LogP contribution is -2.34. The largest absolute Gasteiger partial charge is 0.390 e. The molecule has 0 radical (unpaired) electrons. The molecule has 33 heteroatoms. The molecule has 584 valence electrons. The summed E-state index contributed by atoms with van der Waals surface area (Å²) in [6, 6.07) is 55.1. The second kappa shape index (κ2) is 41.8. The molecule has 0 aliphatic heterocycles. The Morgan fingerprint density at radius 1 is 0.393 bits per heavy atom. The minimum absolute atomic E-state index is 0.00929. The van der Waals surface area contributed by atoms with E-state index in [2.05, 4.69) is 46.2 Å². The van der Waals surface area contributed by atoms with Gasteiger partial charge in [-0.1, -0.05) is 141 Å². The highest BCUT2D eigenvalue weighted by molar-refractivity contribution is 6.32. The van der Waals surface area contributed by atoms with Gasteiger partial charge in [0.2, 0.25) is 0 Å². The van der Waals surface area contributed by atoms with Crippen LogP contribution in [0.3, 0.4) is 0 Å². The van der Waals surface area contributed by atoms with Crippen molar-refractivity contribution in [1.82, 2.24) is 36.2 Å². The van der Waals surface area contributed by atoms with Crippen LogP contribution in [-0.2, 0) is 0 Å². The second-order valence-electron chi connectivity index (χ2n) is 24.1. The fourth-order valence-electron chi connectivity index (χ4n) is 10.8. The van der Waals surface area contributed by atoms with E-state index < -0.39 is 82.6 Å². The number of aromatic nitrogens is 3. The summed E-state index contributed by atoms with van der Waals surface area (Å²) in [5.41, 5.74) is 8.51. The maximum Gasteiger partial charge on any atom is 0.256 e. The molecule has 12 aromatic rings. The Hall–Kier alpha value is -13.0. The number of nitriles is 4. The first-order valence-corrected chi connectivity index (χ1v) is 36.5. The monoisotopic (exact) mass is 1730 g/mol. The summed E-state index contributed by atoms with van der Waals surface area (Å²) in [5, 5.41) is 57.1. The van der Waals surface area contributed by atoms with Gasteiger partial charge in [0.15, 0.2) is 0 Å². The number of nitrogens with one attached hydrogen (secondary N) is 5. The number of aliphatic imine (C=N–C) groups is 2. The van der Waals surface area contributed by atoms with Gasteiger partial charge < -0.3 is 27.0 Å². The first kappa shape index (κ1) is 87.9. The Bertz CT molecular complexity index is 5910. The minimum Gasteiger partial charge on any atom is -0.390 e. The van der Waals surface area contributed by atoms with Gasteiger partial charge in [-0.25, -0.2) is 36.3 Å². The summed E-state index contributed by atoms with van der Waals surface area (Å²) >= 11 is 46.8. The number of hydrogen-bond acceptors (Lipinski definition) is 13. The molecule has 0 saturated heterocycles. The van der Waals surface area contributed by atoms with E-state index in [0.29, 0.717) is 42.6 Å². The van der Waals surface area contributed by atoms with Crippen molar-refractivity contribution in [3.8, 4) is 24.3 Å². The molecule has 0 aliphatic rings. The summed E-state index contributed by atoms with van der Waals surface area (Å²) in [6.07, 6.45) is 6.30. The highest BCUT2D eigenvalue weighted by Gasteiger charge is 2.29. The number of carbonyl (C=O) groups excluding carboxylic acids is 4. The lowest BCUT2D eigenvalue weighted by molar-refractivity contribution is 0.0933. The lowest BCUT2D eigenvalue weighted by Gasteiger charge is -2.20. The Labute approximate surface area is 703 Å². The molecule has 19 nitrogen and oxygen atoms in total. The van der Waals surface area contributed by atoms with E-state index >= 15 is 0 Å². The molecule has 0 bridgehead atoms. The van der Waals surface area contributed by atoms with Crippen molar-refractivity contribution in [2.24, 2.45) is 15.7 Å². The van der Waals surface area contributed by atoms with Gasteiger partial charge in [-0.2, -0.15) is 21.0 Å². The van der Waals surface area contributed by atoms with E-state index in [0.717, 1.165) is 53.9 Å². The van der Waals surface area contributed by atoms with E-state index in [1.807, 2.05) is 12.1 Å². The van der Waals surface area contributed by atoms with Crippen molar-refractivity contribution in [1.29, 1.82) is 26.5 Å². The molecule has 4 amide bonds. The summed E-state index contributed by atoms with van der Waals surface area (Å²) in [5.74, 6) is -7.55. The maximum absolute atomic E-state index is 14.6. The highest BCUT2D eigenvalue weighted by atomic mass is 35.5. The Kier molecular flexibility index (Phi) is 31.5. The number of amides is 4. The molecular weight excluding hydrogens is 1680 g/mol. The molecule has 7 N–H and O–H groups in total. The number of carbonyl (C=O) groups is 4. The van der Waals surface area contributed by atoms with Gasteiger partial charge in [0, 0.05) is 66.5 Å². The molecular formula is C84H51Cl8F6N15O4. The molecule has 9 aromatic carbocycles. The van der Waals surface area contributed by atoms with Crippen molar-refractivity contribution in [2.45, 2.75) is 24.0 Å². The van der Waals surface area contributed by atoms with Gasteiger partial charge >= 0.3 is 0 Å². The van der Waals surface area contributed by atoms with Crippen LogP contribution in [0, 0.1) is 85.6 Å². The molecule has 12 rings (SSSR count). The zero-order chi connectivity index (χ0) is 84.6. The Morgan fingerprint density at radius 2 is 0.812 bits per heavy atom. The van der Waals surface area contributed by atoms with Crippen LogP contribution in [0.5, 0.6) is 0 Å². The normalized spacial score (nSPS) is 11.4. The third kappa shape index (κ3) is 24.0. The van der Waals surface area contributed by atoms with E-state index in [4.69, 9.17) is 125 Å². The molecule has 117 heavy (non-hydrogen) atoms. The second-order valence-corrected chi connectivity index (χ2v) is 27.6. The van der Waals surface area contributed by atoms with Crippen LogP contribution in [0.15, 0.2) is 241 Å². The molecule has 0 fully saturated rings. The maximum atomic E-state index is 14.6. The fourth-order valence-corrected chi connectivity index (χ4v) is 11.9. The predicted octanol–water partition coefficient (Wildman–Crippen LogP) is 20.2. The Balaban J connectivity index is 0.000000178. The number of nitrogens with two attached hydrogens (primary N) is 1. The smallest absolute Gasteiger partial charge is 0.256 e. The molecule has 0 unspecified atom stereocenters. The third-order valence-electron chi connectivity index (χ3n) is 16.5. The van der Waals surface area contributed by atoms with Crippen molar-refractivity contribution in [2.75, 3.05) is 0 Å². The van der Waals surface area contributed by atoms with Crippen LogP contribution < -0.4 is 27.0 Å². The Morgan fingerprint density at radius 3 is 1.27 bits per heavy atom. The van der Waals surface area contributed by atoms with Gasteiger partial charge in [0.25, 0.3) is 23.6 Å². The topological polar surface area (TPSA) is 325 Å². The molecule has 0 aliphatic carbocycles. The van der Waals surface area contributed by atoms with Crippen molar-refractivity contribution in [3.05, 3.63) is 395 Å². The van der Waals surface area contributed by atoms with Gasteiger partial charge in [-0.3, -0.25) is 39.5 Å². The number of halogens is 14. The number of hydrogen-bond donors (Lipinski definition) is 6. The summed E-state index contributed by atoms with van der Waals surface area (Å²) in [7, 11) is 0. The van der Waals surface area contributed by atoms with Crippen LogP contribution in [0.4, 0.5) is 32.0 Å². The standard InChI is InChI=1S/C22H14Cl2FN3O.C21H10Cl2F2N4O.C21H16Cl2FN5O.C20H11Cl2F2N3O/c23-17-7-3-13(4-8-17)20(14-5-9-18(24)10-6-14)21(27)28-22(29)15-1-2-16(12-26)19(25)11-15;22-15-7-18(25)20(28-10-15)19(11-3-4-16(23)17(24)6-11)29-21(30)12-1-2-13(8-26)14(5-12)9-27;22-15-5-1-13(2-6-15)19(20-18(24)9-16(23)10-27-20)29-21(30)14-3-7-17(8-4-14)28-12-26-11-25;21-13-3-5-15(17(24)8-13)19(18-6-4-14(22)10-26-18)27-20(28)11-1-2-12(9-25)16(23)7-11/h1-11,20H,(H2,27,28,29);1-7,10,19H,(H,29,30);1-12,19H,(H,29,30)(H2,25,26,28);1-8,10,19H,(H,27,28)/t;3*19-/m.000/s1. The number of nitrogens with zero attached hydrogens (tertiary/aromatic N) is 9. The molecule has 0 spiro atoms. The molecule has 0 saturated carbocycles. The summed E-state index contributed by atoms with van der Waals surface area (Å²) in [4.78, 5) is 70.7. The highest BCUT2D eigenvalue weighted by Crippen LogP contribution is 2.33. The van der Waals surface area contributed by atoms with E-state index in [-0.39, 0.29) is 87.4 Å². The van der Waals surface area contributed by atoms with Crippen LogP contribution in [-0.4, -0.2) is 57.1 Å². The number of pyridine rings is 3. The SMILES string of the molecule is N#Cc1ccc(C(=O)NC(=N)C(c2ccc(Cl)cc2)c2ccc(Cl)cc2)cc1F.N#Cc1ccc(C(=O)N[C@@H](c2ccc(Cl)c(F)c2)c2ncc(Cl)cc2F)cc1C#N.N#Cc1ccc(C(=O)N[C@H](c2ccc(Cl)cn2)c2ccc(Cl)cc2F)cc1F.NC=NC=Nc1ccc(C(=O)N[C@@H](c2ccc(Cl)cc2)c2ncc(Cl)cc2F)cc1. The van der Waals surface area contributed by atoms with Crippen molar-refractivity contribution in [3.63, 3.8) is 0 Å². The quantitative estimate of drug-likeness (QED) is 0.0265. The van der Waals surface area contributed by atoms with E-state index in [1.165, 1.54) is 91.7 Å². The van der Waals surface area contributed by atoms with Crippen LogP contribution in [0.2, 0.25) is 40.2 Å². The zero-order valence-corrected chi connectivity index (χ0v) is 65.5. The minimum atomic E-state index is -1.18. The van der Waals surface area contributed by atoms with Gasteiger partial charge in [-0.05, 0) is 186 Å². The van der Waals surface area contributed by atoms with Crippen LogP contribution >= 0.6 is 92.8 Å². The van der Waals surface area contributed by atoms with E-state index in [9.17, 15) is 45.5 Å². The summed E-state index contributed by atoms with van der Waals surface area (Å²) < 4.78 is 85.3. The number of amidine groups is 1. The van der Waals surface area contributed by atoms with Crippen molar-refractivity contribution < 1.29 is 45.5 Å². The van der Waals surface area contributed by atoms with Crippen LogP contribution in [0.25, 0.3) is 0 Å². The molecule has 3 atom stereocenters.